The molecular formula is C23H19ClFN5O3S. The number of morpholine rings is 1. The average molecular weight is 500 g/mol. The molecule has 1 aliphatic rings. The fourth-order valence-corrected chi connectivity index (χ4v) is 4.16. The third kappa shape index (κ3) is 5.88. The van der Waals surface area contributed by atoms with E-state index in [1.54, 1.807) is 36.4 Å². The van der Waals surface area contributed by atoms with Gasteiger partial charge in [0.05, 0.1) is 18.2 Å². The molecule has 0 atom stereocenters. The lowest BCUT2D eigenvalue weighted by Gasteiger charge is -2.25. The average Bonchev–Trinajstić information content (AvgIpc) is 3.32. The van der Waals surface area contributed by atoms with Crippen LogP contribution in [-0.2, 0) is 16.1 Å². The Morgan fingerprint density at radius 3 is 2.82 bits per heavy atom. The number of halogens is 2. The summed E-state index contributed by atoms with van der Waals surface area (Å²) in [6.07, 6.45) is 1.41. The van der Waals surface area contributed by atoms with Gasteiger partial charge in [0, 0.05) is 18.7 Å². The zero-order valence-electron chi connectivity index (χ0n) is 17.8. The molecule has 1 saturated heterocycles. The first kappa shape index (κ1) is 23.6. The van der Waals surface area contributed by atoms with E-state index in [0.29, 0.717) is 53.4 Å². The van der Waals surface area contributed by atoms with Gasteiger partial charge in [0.2, 0.25) is 10.3 Å². The number of carbonyl (C=O) groups excluding carboxylic acids is 1. The Labute approximate surface area is 204 Å². The van der Waals surface area contributed by atoms with Gasteiger partial charge in [-0.15, -0.1) is 10.2 Å². The maximum absolute atomic E-state index is 13.8. The van der Waals surface area contributed by atoms with Crippen LogP contribution in [0.2, 0.25) is 5.02 Å². The van der Waals surface area contributed by atoms with Crippen molar-refractivity contribution >= 4 is 45.2 Å². The number of nitriles is 1. The summed E-state index contributed by atoms with van der Waals surface area (Å²) in [5.74, 6) is -0.618. The molecule has 1 N–H and O–H groups in total. The number of carbonyl (C=O) groups is 1. The van der Waals surface area contributed by atoms with E-state index in [-0.39, 0.29) is 23.0 Å². The molecule has 8 nitrogen and oxygen atoms in total. The third-order valence-corrected chi connectivity index (χ3v) is 6.08. The topological polar surface area (TPSA) is 100 Å². The minimum atomic E-state index is -0.608. The lowest BCUT2D eigenvalue weighted by atomic mass is 10.1. The van der Waals surface area contributed by atoms with Gasteiger partial charge in [-0.05, 0) is 29.8 Å². The van der Waals surface area contributed by atoms with Crippen LogP contribution >= 0.6 is 22.9 Å². The lowest BCUT2D eigenvalue weighted by Crippen LogP contribution is -2.36. The Morgan fingerprint density at radius 1 is 1.29 bits per heavy atom. The lowest BCUT2D eigenvalue weighted by molar-refractivity contribution is -0.112. The van der Waals surface area contributed by atoms with Crippen LogP contribution in [0.3, 0.4) is 0 Å². The third-order valence-electron chi connectivity index (χ3n) is 4.89. The molecule has 3 aromatic rings. The van der Waals surface area contributed by atoms with Crippen LogP contribution in [0, 0.1) is 17.1 Å². The van der Waals surface area contributed by atoms with Crippen molar-refractivity contribution in [2.45, 2.75) is 6.61 Å². The van der Waals surface area contributed by atoms with Crippen molar-refractivity contribution in [3.63, 3.8) is 0 Å². The van der Waals surface area contributed by atoms with Gasteiger partial charge in [0.1, 0.15) is 29.8 Å². The Kier molecular flexibility index (Phi) is 7.69. The number of amides is 1. The van der Waals surface area contributed by atoms with Gasteiger partial charge in [-0.2, -0.15) is 5.26 Å². The fourth-order valence-electron chi connectivity index (χ4n) is 3.12. The first-order valence-electron chi connectivity index (χ1n) is 10.3. The predicted octanol–water partition coefficient (Wildman–Crippen LogP) is 4.29. The summed E-state index contributed by atoms with van der Waals surface area (Å²) in [4.78, 5) is 14.6. The van der Waals surface area contributed by atoms with Crippen molar-refractivity contribution in [3.05, 3.63) is 70.0 Å². The predicted molar refractivity (Wildman–Crippen MR) is 127 cm³/mol. The van der Waals surface area contributed by atoms with Crippen LogP contribution in [0.4, 0.5) is 14.7 Å². The minimum Gasteiger partial charge on any atom is -0.487 e. The van der Waals surface area contributed by atoms with Gasteiger partial charge in [-0.1, -0.05) is 47.2 Å². The van der Waals surface area contributed by atoms with Gasteiger partial charge in [-0.3, -0.25) is 10.1 Å². The summed E-state index contributed by atoms with van der Waals surface area (Å²) >= 11 is 7.51. The SMILES string of the molecule is N#C/C(=C/c1ccc(OCc2ccccc2F)c(Cl)c1)C(=O)Nc1nnc(N2CCOCC2)s1. The number of ether oxygens (including phenoxy) is 2. The number of nitrogens with one attached hydrogen (secondary N) is 1. The molecule has 0 bridgehead atoms. The molecule has 174 valence electrons. The summed E-state index contributed by atoms with van der Waals surface area (Å²) in [6.45, 7) is 2.64. The van der Waals surface area contributed by atoms with Crippen LogP contribution in [-0.4, -0.2) is 42.4 Å². The number of anilines is 2. The molecule has 1 aromatic heterocycles. The van der Waals surface area contributed by atoms with E-state index in [1.807, 2.05) is 11.0 Å². The number of hydrogen-bond donors (Lipinski definition) is 1. The Balaban J connectivity index is 1.41. The largest absolute Gasteiger partial charge is 0.487 e. The first-order chi connectivity index (χ1) is 16.5. The molecule has 2 heterocycles. The highest BCUT2D eigenvalue weighted by Crippen LogP contribution is 2.28. The number of rotatable bonds is 7. The van der Waals surface area contributed by atoms with Crippen LogP contribution in [0.1, 0.15) is 11.1 Å². The summed E-state index contributed by atoms with van der Waals surface area (Å²) in [5, 5.41) is 21.4. The van der Waals surface area contributed by atoms with E-state index in [9.17, 15) is 14.4 Å². The molecule has 1 aliphatic heterocycles. The maximum Gasteiger partial charge on any atom is 0.268 e. The number of nitrogens with zero attached hydrogens (tertiary/aromatic N) is 4. The Hall–Kier alpha value is -3.52. The Bertz CT molecular complexity index is 1250. The molecule has 0 saturated carbocycles. The van der Waals surface area contributed by atoms with Crippen molar-refractivity contribution in [1.82, 2.24) is 10.2 Å². The number of hydrogen-bond acceptors (Lipinski definition) is 8. The van der Waals surface area contributed by atoms with E-state index < -0.39 is 5.91 Å². The van der Waals surface area contributed by atoms with Gasteiger partial charge < -0.3 is 14.4 Å². The standard InChI is InChI=1S/C23H19ClFN5O3S/c24-18-12-15(5-6-20(18)33-14-16-3-1-2-4-19(16)25)11-17(13-26)21(31)27-22-28-29-23(34-22)30-7-9-32-10-8-30/h1-6,11-12H,7-10,14H2,(H,27,28,31)/b17-11-. The van der Waals surface area contributed by atoms with Crippen molar-refractivity contribution in [2.24, 2.45) is 0 Å². The number of benzene rings is 2. The molecular weight excluding hydrogens is 481 g/mol. The van der Waals surface area contributed by atoms with Crippen LogP contribution in [0.25, 0.3) is 6.08 Å². The van der Waals surface area contributed by atoms with Crippen molar-refractivity contribution < 1.29 is 18.7 Å². The van der Waals surface area contributed by atoms with Crippen molar-refractivity contribution in [1.29, 1.82) is 5.26 Å². The summed E-state index contributed by atoms with van der Waals surface area (Å²) in [5.41, 5.74) is 0.805. The molecule has 0 radical (unpaired) electrons. The molecule has 34 heavy (non-hydrogen) atoms. The molecule has 0 unspecified atom stereocenters. The summed E-state index contributed by atoms with van der Waals surface area (Å²) in [6, 6.07) is 13.0. The highest BCUT2D eigenvalue weighted by molar-refractivity contribution is 7.19. The molecule has 0 spiro atoms. The van der Waals surface area contributed by atoms with Crippen LogP contribution in [0.15, 0.2) is 48.0 Å². The van der Waals surface area contributed by atoms with E-state index in [1.165, 1.54) is 23.5 Å². The second-order valence-corrected chi connectivity index (χ2v) is 8.55. The fraction of sp³-hybridized carbons (Fsp3) is 0.217. The quantitative estimate of drug-likeness (QED) is 0.382. The van der Waals surface area contributed by atoms with E-state index in [2.05, 4.69) is 15.5 Å². The Morgan fingerprint density at radius 2 is 2.09 bits per heavy atom. The van der Waals surface area contributed by atoms with Crippen LogP contribution in [0.5, 0.6) is 5.75 Å². The molecule has 4 rings (SSSR count). The summed E-state index contributed by atoms with van der Waals surface area (Å²) < 4.78 is 24.7. The molecule has 11 heteroatoms. The van der Waals surface area contributed by atoms with Crippen molar-refractivity contribution in [2.75, 3.05) is 36.5 Å². The maximum atomic E-state index is 13.8. The van der Waals surface area contributed by atoms with E-state index >= 15 is 0 Å². The highest BCUT2D eigenvalue weighted by Gasteiger charge is 2.18. The molecule has 1 amide bonds. The van der Waals surface area contributed by atoms with Gasteiger partial charge in [0.15, 0.2) is 0 Å². The van der Waals surface area contributed by atoms with Gasteiger partial charge in [-0.25, -0.2) is 4.39 Å². The van der Waals surface area contributed by atoms with Crippen molar-refractivity contribution in [3.8, 4) is 11.8 Å². The minimum absolute atomic E-state index is 0.0156. The van der Waals surface area contributed by atoms with Gasteiger partial charge >= 0.3 is 0 Å². The zero-order valence-corrected chi connectivity index (χ0v) is 19.4. The van der Waals surface area contributed by atoms with E-state index in [4.69, 9.17) is 21.1 Å². The second kappa shape index (κ2) is 11.1. The second-order valence-electron chi connectivity index (χ2n) is 7.18. The summed E-state index contributed by atoms with van der Waals surface area (Å²) in [7, 11) is 0. The van der Waals surface area contributed by atoms with Gasteiger partial charge in [0.25, 0.3) is 5.91 Å². The monoisotopic (exact) mass is 499 g/mol. The normalized spacial score (nSPS) is 13.9. The molecule has 2 aromatic carbocycles. The number of aromatic nitrogens is 2. The molecule has 0 aliphatic carbocycles. The van der Waals surface area contributed by atoms with Crippen LogP contribution < -0.4 is 15.0 Å². The zero-order chi connectivity index (χ0) is 23.9. The van der Waals surface area contributed by atoms with E-state index in [0.717, 1.165) is 0 Å². The first-order valence-corrected chi connectivity index (χ1v) is 11.5. The molecule has 1 fully saturated rings. The smallest absolute Gasteiger partial charge is 0.268 e. The highest BCUT2D eigenvalue weighted by atomic mass is 35.5.